The lowest BCUT2D eigenvalue weighted by Gasteiger charge is -2.26. The van der Waals surface area contributed by atoms with E-state index in [1.165, 1.54) is 0 Å². The summed E-state index contributed by atoms with van der Waals surface area (Å²) in [7, 11) is -3.22. The molecule has 0 aliphatic heterocycles. The van der Waals surface area contributed by atoms with Gasteiger partial charge in [0.15, 0.2) is 0 Å². The maximum absolute atomic E-state index is 11.7. The van der Waals surface area contributed by atoms with Crippen LogP contribution < -0.4 is 0 Å². The molecule has 84 valence electrons. The van der Waals surface area contributed by atoms with Gasteiger partial charge in [0.2, 0.25) is 10.0 Å². The zero-order valence-electron chi connectivity index (χ0n) is 8.65. The molecular weight excluding hydrogens is 202 g/mol. The van der Waals surface area contributed by atoms with Crippen molar-refractivity contribution >= 4 is 10.0 Å². The van der Waals surface area contributed by atoms with Crippen LogP contribution in [-0.4, -0.2) is 42.8 Å². The summed E-state index contributed by atoms with van der Waals surface area (Å²) in [5.41, 5.74) is 0. The van der Waals surface area contributed by atoms with E-state index < -0.39 is 10.0 Å². The number of nitrogens with zero attached hydrogens (tertiary/aromatic N) is 1. The van der Waals surface area contributed by atoms with E-state index in [1.807, 2.05) is 6.92 Å². The number of sulfonamides is 1. The Morgan fingerprint density at radius 2 is 1.93 bits per heavy atom. The van der Waals surface area contributed by atoms with Crippen molar-refractivity contribution in [1.82, 2.24) is 4.31 Å². The zero-order chi connectivity index (χ0) is 10.6. The molecule has 1 fully saturated rings. The lowest BCUT2D eigenvalue weighted by Crippen LogP contribution is -2.40. The minimum absolute atomic E-state index is 0.142. The molecule has 0 aromatic rings. The van der Waals surface area contributed by atoms with Gasteiger partial charge in [0, 0.05) is 12.6 Å². The second-order valence-electron chi connectivity index (χ2n) is 3.68. The maximum Gasteiger partial charge on any atom is 0.216 e. The summed E-state index contributed by atoms with van der Waals surface area (Å²) in [6, 6.07) is 0.177. The molecule has 0 bridgehead atoms. The van der Waals surface area contributed by atoms with E-state index in [0.717, 1.165) is 25.7 Å². The Morgan fingerprint density at radius 1 is 1.36 bits per heavy atom. The molecule has 1 aliphatic carbocycles. The molecule has 5 heteroatoms. The molecule has 0 spiro atoms. The lowest BCUT2D eigenvalue weighted by atomic mass is 10.2. The molecule has 1 N–H and O–H groups in total. The van der Waals surface area contributed by atoms with Crippen molar-refractivity contribution in [3.63, 3.8) is 0 Å². The van der Waals surface area contributed by atoms with Crippen molar-refractivity contribution in [2.45, 2.75) is 38.6 Å². The Morgan fingerprint density at radius 3 is 2.36 bits per heavy atom. The highest BCUT2D eigenvalue weighted by Gasteiger charge is 2.29. The van der Waals surface area contributed by atoms with Crippen LogP contribution in [-0.2, 0) is 10.0 Å². The Labute approximate surface area is 86.0 Å². The fourth-order valence-corrected chi connectivity index (χ4v) is 3.63. The SMILES string of the molecule is CCN(C1CCCC1)S(=O)(=O)CCO. The number of aliphatic hydroxyl groups is 1. The summed E-state index contributed by atoms with van der Waals surface area (Å²) < 4.78 is 25.0. The Bertz CT molecular complexity index is 257. The second-order valence-corrected chi connectivity index (χ2v) is 5.72. The van der Waals surface area contributed by atoms with Crippen LogP contribution in [0.15, 0.2) is 0 Å². The van der Waals surface area contributed by atoms with Crippen molar-refractivity contribution < 1.29 is 13.5 Å². The molecule has 1 saturated carbocycles. The predicted molar refractivity (Wildman–Crippen MR) is 55.5 cm³/mol. The molecule has 0 amide bonds. The van der Waals surface area contributed by atoms with Gasteiger partial charge in [-0.15, -0.1) is 0 Å². The van der Waals surface area contributed by atoms with Gasteiger partial charge >= 0.3 is 0 Å². The average molecular weight is 221 g/mol. The van der Waals surface area contributed by atoms with E-state index in [1.54, 1.807) is 4.31 Å². The third kappa shape index (κ3) is 2.68. The van der Waals surface area contributed by atoms with Crippen LogP contribution >= 0.6 is 0 Å². The lowest BCUT2D eigenvalue weighted by molar-refractivity contribution is 0.303. The Hall–Kier alpha value is -0.130. The van der Waals surface area contributed by atoms with Crippen LogP contribution in [0.5, 0.6) is 0 Å². The molecule has 0 radical (unpaired) electrons. The predicted octanol–water partition coefficient (Wildman–Crippen LogP) is 0.573. The van der Waals surface area contributed by atoms with Gasteiger partial charge in [-0.3, -0.25) is 0 Å². The van der Waals surface area contributed by atoms with Gasteiger partial charge in [0.1, 0.15) is 0 Å². The van der Waals surface area contributed by atoms with Gasteiger partial charge in [-0.05, 0) is 12.8 Å². The fourth-order valence-electron chi connectivity index (χ4n) is 2.11. The second kappa shape index (κ2) is 5.09. The van der Waals surface area contributed by atoms with Gasteiger partial charge < -0.3 is 5.11 Å². The Kier molecular flexibility index (Phi) is 4.34. The van der Waals surface area contributed by atoms with Gasteiger partial charge in [-0.25, -0.2) is 8.42 Å². The first-order chi connectivity index (χ1) is 6.61. The monoisotopic (exact) mass is 221 g/mol. The first-order valence-electron chi connectivity index (χ1n) is 5.22. The molecule has 0 aromatic heterocycles. The molecule has 0 saturated heterocycles. The molecule has 1 aliphatic rings. The molecule has 0 heterocycles. The van der Waals surface area contributed by atoms with Gasteiger partial charge in [-0.2, -0.15) is 4.31 Å². The van der Waals surface area contributed by atoms with Crippen molar-refractivity contribution in [3.8, 4) is 0 Å². The molecule has 0 atom stereocenters. The van der Waals surface area contributed by atoms with Gasteiger partial charge in [0.05, 0.1) is 12.4 Å². The van der Waals surface area contributed by atoms with Crippen molar-refractivity contribution in [2.75, 3.05) is 18.9 Å². The third-order valence-electron chi connectivity index (χ3n) is 2.75. The number of hydrogen-bond donors (Lipinski definition) is 1. The van der Waals surface area contributed by atoms with Crippen LogP contribution in [0.25, 0.3) is 0 Å². The standard InChI is InChI=1S/C9H19NO3S/c1-2-10(9-5-3-4-6-9)14(12,13)8-7-11/h9,11H,2-8H2,1H3. The molecule has 0 unspecified atom stereocenters. The smallest absolute Gasteiger partial charge is 0.216 e. The van der Waals surface area contributed by atoms with Crippen LogP contribution in [0.3, 0.4) is 0 Å². The molecule has 4 nitrogen and oxygen atoms in total. The summed E-state index contributed by atoms with van der Waals surface area (Å²) in [6.45, 7) is 2.09. The van der Waals surface area contributed by atoms with E-state index in [4.69, 9.17) is 5.11 Å². The summed E-state index contributed by atoms with van der Waals surface area (Å²) in [5, 5.41) is 8.68. The Balaban J connectivity index is 2.69. The quantitative estimate of drug-likeness (QED) is 0.738. The average Bonchev–Trinajstić information content (AvgIpc) is 2.57. The molecular formula is C9H19NO3S. The van der Waals surface area contributed by atoms with E-state index in [0.29, 0.717) is 6.54 Å². The minimum atomic E-state index is -3.22. The number of aliphatic hydroxyl groups excluding tert-OH is 1. The largest absolute Gasteiger partial charge is 0.395 e. The van der Waals surface area contributed by atoms with E-state index in [2.05, 4.69) is 0 Å². The summed E-state index contributed by atoms with van der Waals surface area (Å²) >= 11 is 0. The highest BCUT2D eigenvalue weighted by atomic mass is 32.2. The third-order valence-corrected chi connectivity index (χ3v) is 4.72. The number of hydrogen-bond acceptors (Lipinski definition) is 3. The van der Waals surface area contributed by atoms with E-state index >= 15 is 0 Å². The summed E-state index contributed by atoms with van der Waals surface area (Å²) in [6.07, 6.45) is 4.18. The van der Waals surface area contributed by atoms with E-state index in [-0.39, 0.29) is 18.4 Å². The molecule has 0 aromatic carbocycles. The topological polar surface area (TPSA) is 57.6 Å². The first kappa shape index (κ1) is 11.9. The fraction of sp³-hybridized carbons (Fsp3) is 1.00. The normalized spacial score (nSPS) is 19.4. The minimum Gasteiger partial charge on any atom is -0.395 e. The molecule has 1 rings (SSSR count). The van der Waals surface area contributed by atoms with Gasteiger partial charge in [0.25, 0.3) is 0 Å². The van der Waals surface area contributed by atoms with Crippen LogP contribution in [0.4, 0.5) is 0 Å². The maximum atomic E-state index is 11.7. The summed E-state index contributed by atoms with van der Waals surface area (Å²) in [4.78, 5) is 0. The van der Waals surface area contributed by atoms with E-state index in [9.17, 15) is 8.42 Å². The number of rotatable bonds is 5. The summed E-state index contributed by atoms with van der Waals surface area (Å²) in [5.74, 6) is -0.142. The van der Waals surface area contributed by atoms with Crippen LogP contribution in [0, 0.1) is 0 Å². The molecule has 14 heavy (non-hydrogen) atoms. The highest BCUT2D eigenvalue weighted by Crippen LogP contribution is 2.25. The zero-order valence-corrected chi connectivity index (χ0v) is 9.46. The van der Waals surface area contributed by atoms with Crippen molar-refractivity contribution in [3.05, 3.63) is 0 Å². The van der Waals surface area contributed by atoms with Crippen molar-refractivity contribution in [1.29, 1.82) is 0 Å². The van der Waals surface area contributed by atoms with Crippen molar-refractivity contribution in [2.24, 2.45) is 0 Å². The van der Waals surface area contributed by atoms with Gasteiger partial charge in [-0.1, -0.05) is 19.8 Å². The van der Waals surface area contributed by atoms with Crippen LogP contribution in [0.2, 0.25) is 0 Å². The van der Waals surface area contributed by atoms with Crippen LogP contribution in [0.1, 0.15) is 32.6 Å². The highest BCUT2D eigenvalue weighted by molar-refractivity contribution is 7.89. The first-order valence-corrected chi connectivity index (χ1v) is 6.83.